The van der Waals surface area contributed by atoms with Crippen LogP contribution in [0.3, 0.4) is 0 Å². The monoisotopic (exact) mass is 408 g/mol. The lowest BCUT2D eigenvalue weighted by Crippen LogP contribution is -2.29. The topological polar surface area (TPSA) is 83.6 Å². The van der Waals surface area contributed by atoms with Crippen LogP contribution in [0.2, 0.25) is 5.02 Å². The van der Waals surface area contributed by atoms with Gasteiger partial charge in [-0.1, -0.05) is 58.7 Å². The minimum absolute atomic E-state index is 0.0122. The molecule has 6 nitrogen and oxygen atoms in total. The largest absolute Gasteiger partial charge is 0.507 e. The number of carbonyl (C=O) groups is 2. The van der Waals surface area contributed by atoms with Crippen molar-refractivity contribution < 1.29 is 19.2 Å². The predicted octanol–water partition coefficient (Wildman–Crippen LogP) is 4.57. The number of hydrogen-bond donors (Lipinski definition) is 1. The first kappa shape index (κ1) is 19.0. The minimum atomic E-state index is -0.863. The maximum absolute atomic E-state index is 12.9. The lowest BCUT2D eigenvalue weighted by Gasteiger charge is -2.22. The Morgan fingerprint density at radius 1 is 1.07 bits per heavy atom. The number of ketones is 1. The second-order valence-electron chi connectivity index (χ2n) is 6.88. The quantitative estimate of drug-likeness (QED) is 0.390. The van der Waals surface area contributed by atoms with Gasteiger partial charge in [-0.15, -0.1) is 0 Å². The molecule has 0 radical (unpaired) electrons. The van der Waals surface area contributed by atoms with Crippen LogP contribution in [0.25, 0.3) is 5.76 Å². The fourth-order valence-electron chi connectivity index (χ4n) is 3.36. The van der Waals surface area contributed by atoms with Crippen molar-refractivity contribution in [3.63, 3.8) is 0 Å². The number of aromatic nitrogens is 1. The Hall–Kier alpha value is -3.38. The van der Waals surface area contributed by atoms with Crippen molar-refractivity contribution in [1.29, 1.82) is 0 Å². The van der Waals surface area contributed by atoms with Crippen LogP contribution in [0.15, 0.2) is 64.7 Å². The normalized spacial score (nSPS) is 18.4. The van der Waals surface area contributed by atoms with E-state index in [1.165, 1.54) is 4.90 Å². The number of aliphatic hydroxyl groups is 1. The number of aliphatic hydroxyl groups excluding tert-OH is 1. The third-order valence-electron chi connectivity index (χ3n) is 4.82. The summed E-state index contributed by atoms with van der Waals surface area (Å²) in [6.45, 7) is 3.61. The average molecular weight is 409 g/mol. The third kappa shape index (κ3) is 3.32. The summed E-state index contributed by atoms with van der Waals surface area (Å²) in [6, 6.07) is 14.5. The lowest BCUT2D eigenvalue weighted by atomic mass is 9.95. The molecule has 1 aliphatic heterocycles. The number of aryl methyl sites for hydroxylation is 2. The lowest BCUT2D eigenvalue weighted by molar-refractivity contribution is -0.132. The fraction of sp³-hybridized carbons (Fsp3) is 0.136. The van der Waals surface area contributed by atoms with Crippen LogP contribution in [0.5, 0.6) is 0 Å². The first-order valence-electron chi connectivity index (χ1n) is 8.93. The molecule has 1 aliphatic rings. The summed E-state index contributed by atoms with van der Waals surface area (Å²) in [4.78, 5) is 27.1. The van der Waals surface area contributed by atoms with Crippen molar-refractivity contribution in [3.8, 4) is 0 Å². The van der Waals surface area contributed by atoms with E-state index in [4.69, 9.17) is 16.1 Å². The highest BCUT2D eigenvalue weighted by Crippen LogP contribution is 2.42. The average Bonchev–Trinajstić information content (AvgIpc) is 3.24. The highest BCUT2D eigenvalue weighted by atomic mass is 35.5. The minimum Gasteiger partial charge on any atom is -0.507 e. The van der Waals surface area contributed by atoms with Crippen LogP contribution >= 0.6 is 11.6 Å². The summed E-state index contributed by atoms with van der Waals surface area (Å²) in [5.74, 6) is -1.12. The number of amides is 1. The van der Waals surface area contributed by atoms with E-state index in [9.17, 15) is 14.7 Å². The zero-order chi connectivity index (χ0) is 20.7. The summed E-state index contributed by atoms with van der Waals surface area (Å²) in [5, 5.41) is 15.4. The molecule has 29 heavy (non-hydrogen) atoms. The number of rotatable bonds is 3. The first-order chi connectivity index (χ1) is 13.9. The Kier molecular flexibility index (Phi) is 4.72. The molecule has 1 atom stereocenters. The molecule has 146 valence electrons. The number of nitrogens with zero attached hydrogens (tertiary/aromatic N) is 2. The molecule has 3 aromatic rings. The summed E-state index contributed by atoms with van der Waals surface area (Å²) in [7, 11) is 0. The van der Waals surface area contributed by atoms with Crippen molar-refractivity contribution in [2.45, 2.75) is 19.9 Å². The van der Waals surface area contributed by atoms with Gasteiger partial charge in [0.15, 0.2) is 5.82 Å². The summed E-state index contributed by atoms with van der Waals surface area (Å²) < 4.78 is 5.10. The third-order valence-corrected chi connectivity index (χ3v) is 5.07. The van der Waals surface area contributed by atoms with E-state index in [1.54, 1.807) is 49.4 Å². The van der Waals surface area contributed by atoms with Crippen molar-refractivity contribution >= 4 is 34.9 Å². The van der Waals surface area contributed by atoms with E-state index in [-0.39, 0.29) is 17.2 Å². The van der Waals surface area contributed by atoms with E-state index in [0.717, 1.165) is 5.56 Å². The molecule has 7 heteroatoms. The van der Waals surface area contributed by atoms with Gasteiger partial charge in [0.05, 0.1) is 11.6 Å². The van der Waals surface area contributed by atoms with Gasteiger partial charge in [0.1, 0.15) is 11.5 Å². The predicted molar refractivity (Wildman–Crippen MR) is 109 cm³/mol. The van der Waals surface area contributed by atoms with Crippen molar-refractivity contribution in [2.75, 3.05) is 4.90 Å². The molecule has 0 saturated carbocycles. The van der Waals surface area contributed by atoms with E-state index in [1.807, 2.05) is 19.1 Å². The molecular weight excluding hydrogens is 392 g/mol. The second kappa shape index (κ2) is 7.22. The molecule has 0 aliphatic carbocycles. The van der Waals surface area contributed by atoms with Crippen molar-refractivity contribution in [3.05, 3.63) is 87.6 Å². The Labute approximate surface area is 172 Å². The maximum atomic E-state index is 12.9. The van der Waals surface area contributed by atoms with Gasteiger partial charge >= 0.3 is 5.91 Å². The van der Waals surface area contributed by atoms with Crippen molar-refractivity contribution in [1.82, 2.24) is 5.16 Å². The number of anilines is 1. The molecule has 1 aromatic heterocycles. The molecule has 0 unspecified atom stereocenters. The van der Waals surface area contributed by atoms with E-state index < -0.39 is 17.7 Å². The molecule has 1 saturated heterocycles. The van der Waals surface area contributed by atoms with Crippen LogP contribution in [0.4, 0.5) is 5.82 Å². The van der Waals surface area contributed by atoms with Gasteiger partial charge in [-0.3, -0.25) is 14.5 Å². The maximum Gasteiger partial charge on any atom is 0.301 e. The Morgan fingerprint density at radius 3 is 2.31 bits per heavy atom. The van der Waals surface area contributed by atoms with Crippen LogP contribution in [0, 0.1) is 13.8 Å². The highest BCUT2D eigenvalue weighted by molar-refractivity contribution is 6.51. The van der Waals surface area contributed by atoms with Gasteiger partial charge in [-0.2, -0.15) is 0 Å². The molecular formula is C22H17ClN2O4. The molecule has 1 N–H and O–H groups in total. The Bertz CT molecular complexity index is 1130. The van der Waals surface area contributed by atoms with E-state index >= 15 is 0 Å². The molecule has 1 fully saturated rings. The van der Waals surface area contributed by atoms with Crippen molar-refractivity contribution in [2.24, 2.45) is 0 Å². The van der Waals surface area contributed by atoms with Gasteiger partial charge in [0.2, 0.25) is 0 Å². The van der Waals surface area contributed by atoms with Crippen LogP contribution in [-0.2, 0) is 9.59 Å². The molecule has 0 bridgehead atoms. The molecule has 0 spiro atoms. The zero-order valence-corrected chi connectivity index (χ0v) is 16.5. The van der Waals surface area contributed by atoms with Gasteiger partial charge in [-0.05, 0) is 31.5 Å². The van der Waals surface area contributed by atoms with Gasteiger partial charge < -0.3 is 9.63 Å². The van der Waals surface area contributed by atoms with Gasteiger partial charge in [0, 0.05) is 16.7 Å². The second-order valence-corrected chi connectivity index (χ2v) is 7.32. The molecule has 2 heterocycles. The number of halogens is 1. The van der Waals surface area contributed by atoms with Crippen LogP contribution in [0.1, 0.15) is 28.5 Å². The highest BCUT2D eigenvalue weighted by Gasteiger charge is 2.48. The Morgan fingerprint density at radius 2 is 1.72 bits per heavy atom. The standard InChI is InChI=1S/C22H17ClN2O4/c1-12-3-5-15(6-4-12)20(26)18-19(14-7-9-16(23)10-8-14)25(22(28)21(18)27)17-11-13(2)29-24-17/h3-11,19,26H,1-2H3/b20-18+/t19-/m1/s1. The van der Waals surface area contributed by atoms with E-state index in [2.05, 4.69) is 5.16 Å². The van der Waals surface area contributed by atoms with Crippen LogP contribution < -0.4 is 4.90 Å². The molecule has 2 aromatic carbocycles. The smallest absolute Gasteiger partial charge is 0.301 e. The van der Waals surface area contributed by atoms with Gasteiger partial charge in [-0.25, -0.2) is 0 Å². The van der Waals surface area contributed by atoms with Gasteiger partial charge in [0.25, 0.3) is 5.78 Å². The summed E-state index contributed by atoms with van der Waals surface area (Å²) in [5.41, 5.74) is 2.06. The summed E-state index contributed by atoms with van der Waals surface area (Å²) >= 11 is 6.01. The van der Waals surface area contributed by atoms with Crippen LogP contribution in [-0.4, -0.2) is 22.0 Å². The summed E-state index contributed by atoms with van der Waals surface area (Å²) in [6.07, 6.45) is 0. The molecule has 4 rings (SSSR count). The molecule has 1 amide bonds. The van der Waals surface area contributed by atoms with E-state index in [0.29, 0.717) is 21.9 Å². The Balaban J connectivity index is 1.93. The first-order valence-corrected chi connectivity index (χ1v) is 9.31. The number of Topliss-reactive ketones (excluding diaryl/α,β-unsaturated/α-hetero) is 1. The number of hydrogen-bond acceptors (Lipinski definition) is 5. The fourth-order valence-corrected chi connectivity index (χ4v) is 3.49. The number of carbonyl (C=O) groups excluding carboxylic acids is 2. The number of benzene rings is 2. The SMILES string of the molecule is Cc1ccc(/C(O)=C2\C(=O)C(=O)N(c3cc(C)on3)[C@@H]2c2ccc(Cl)cc2)cc1. The zero-order valence-electron chi connectivity index (χ0n) is 15.7.